The summed E-state index contributed by atoms with van der Waals surface area (Å²) in [6.07, 6.45) is 6.73. The Morgan fingerprint density at radius 1 is 1.21 bits per heavy atom. The van der Waals surface area contributed by atoms with Gasteiger partial charge in [0.15, 0.2) is 0 Å². The zero-order valence-electron chi connectivity index (χ0n) is 9.76. The summed E-state index contributed by atoms with van der Waals surface area (Å²) in [6.45, 7) is 7.44. The average Bonchev–Trinajstić information content (AvgIpc) is 2.03. The van der Waals surface area contributed by atoms with Crippen LogP contribution in [0.5, 0.6) is 0 Å². The van der Waals surface area contributed by atoms with Gasteiger partial charge in [0.25, 0.3) is 0 Å². The molecular weight excluding hydrogens is 176 g/mol. The molecule has 1 aliphatic rings. The van der Waals surface area contributed by atoms with Crippen molar-refractivity contribution in [2.75, 3.05) is 0 Å². The van der Waals surface area contributed by atoms with E-state index < -0.39 is 11.2 Å². The Kier molecular flexibility index (Phi) is 3.25. The molecule has 0 amide bonds. The summed E-state index contributed by atoms with van der Waals surface area (Å²) in [4.78, 5) is 0. The molecule has 0 radical (unpaired) electrons. The fourth-order valence-electron chi connectivity index (χ4n) is 1.35. The normalized spacial score (nSPS) is 19.1. The standard InChI is InChI=1S/C12H22O2/c1-11(2,13)12(3,4)14-10-8-6-5-7-9-10/h8,13H,5-7,9H2,1-4H3. The summed E-state index contributed by atoms with van der Waals surface area (Å²) in [5.41, 5.74) is -1.33. The molecule has 0 aromatic rings. The number of hydrogen-bond acceptors (Lipinski definition) is 2. The van der Waals surface area contributed by atoms with Gasteiger partial charge in [-0.05, 0) is 53.0 Å². The second-order valence-corrected chi connectivity index (χ2v) is 5.09. The molecule has 14 heavy (non-hydrogen) atoms. The summed E-state index contributed by atoms with van der Waals surface area (Å²) in [7, 11) is 0. The molecule has 0 bridgehead atoms. The molecule has 82 valence electrons. The van der Waals surface area contributed by atoms with Gasteiger partial charge in [-0.2, -0.15) is 0 Å². The van der Waals surface area contributed by atoms with Crippen molar-refractivity contribution in [3.8, 4) is 0 Å². The fourth-order valence-corrected chi connectivity index (χ4v) is 1.35. The van der Waals surface area contributed by atoms with Crippen LogP contribution in [0.3, 0.4) is 0 Å². The van der Waals surface area contributed by atoms with Gasteiger partial charge in [-0.1, -0.05) is 0 Å². The third-order valence-corrected chi connectivity index (χ3v) is 3.11. The molecule has 0 atom stereocenters. The summed E-state index contributed by atoms with van der Waals surface area (Å²) in [5, 5.41) is 9.92. The third-order valence-electron chi connectivity index (χ3n) is 3.11. The molecule has 0 aromatic heterocycles. The Bertz CT molecular complexity index is 221. The van der Waals surface area contributed by atoms with Crippen LogP contribution in [-0.4, -0.2) is 16.3 Å². The first-order valence-electron chi connectivity index (χ1n) is 5.43. The van der Waals surface area contributed by atoms with E-state index in [0.717, 1.165) is 18.6 Å². The van der Waals surface area contributed by atoms with Gasteiger partial charge in [0.1, 0.15) is 5.60 Å². The van der Waals surface area contributed by atoms with Gasteiger partial charge in [-0.3, -0.25) is 0 Å². The number of rotatable bonds is 3. The Morgan fingerprint density at radius 2 is 1.86 bits per heavy atom. The average molecular weight is 198 g/mol. The lowest BCUT2D eigenvalue weighted by molar-refractivity contribution is -0.125. The molecule has 0 aliphatic heterocycles. The fraction of sp³-hybridized carbons (Fsp3) is 0.833. The van der Waals surface area contributed by atoms with Gasteiger partial charge >= 0.3 is 0 Å². The van der Waals surface area contributed by atoms with E-state index in [0.29, 0.717) is 0 Å². The smallest absolute Gasteiger partial charge is 0.131 e. The van der Waals surface area contributed by atoms with Crippen molar-refractivity contribution in [1.29, 1.82) is 0 Å². The van der Waals surface area contributed by atoms with Crippen LogP contribution in [0.1, 0.15) is 53.4 Å². The van der Waals surface area contributed by atoms with Crippen LogP contribution in [0, 0.1) is 0 Å². The van der Waals surface area contributed by atoms with Crippen LogP contribution in [0.2, 0.25) is 0 Å². The maximum absolute atomic E-state index is 9.92. The molecule has 0 saturated carbocycles. The summed E-state index contributed by atoms with van der Waals surface area (Å²) in [6, 6.07) is 0. The largest absolute Gasteiger partial charge is 0.490 e. The second kappa shape index (κ2) is 3.93. The Labute approximate surface area is 87.0 Å². The highest BCUT2D eigenvalue weighted by Gasteiger charge is 2.37. The van der Waals surface area contributed by atoms with E-state index in [2.05, 4.69) is 6.08 Å². The molecular formula is C12H22O2. The Balaban J connectivity index is 2.62. The van der Waals surface area contributed by atoms with Crippen molar-refractivity contribution in [2.45, 2.75) is 64.6 Å². The molecule has 2 heteroatoms. The van der Waals surface area contributed by atoms with Crippen LogP contribution in [-0.2, 0) is 4.74 Å². The van der Waals surface area contributed by atoms with Crippen LogP contribution in [0.15, 0.2) is 11.8 Å². The molecule has 0 unspecified atom stereocenters. The molecule has 1 aliphatic carbocycles. The first-order chi connectivity index (χ1) is 6.33. The zero-order chi connectivity index (χ0) is 10.8. The Hall–Kier alpha value is -0.500. The summed E-state index contributed by atoms with van der Waals surface area (Å²) < 4.78 is 5.85. The maximum atomic E-state index is 9.92. The van der Waals surface area contributed by atoms with E-state index in [1.807, 2.05) is 13.8 Å². The number of aliphatic hydroxyl groups is 1. The van der Waals surface area contributed by atoms with Crippen molar-refractivity contribution in [2.24, 2.45) is 0 Å². The van der Waals surface area contributed by atoms with E-state index >= 15 is 0 Å². The van der Waals surface area contributed by atoms with Crippen LogP contribution >= 0.6 is 0 Å². The molecule has 1 rings (SSSR count). The van der Waals surface area contributed by atoms with E-state index in [-0.39, 0.29) is 0 Å². The molecule has 0 saturated heterocycles. The second-order valence-electron chi connectivity index (χ2n) is 5.09. The minimum Gasteiger partial charge on any atom is -0.490 e. The van der Waals surface area contributed by atoms with Crippen molar-refractivity contribution in [1.82, 2.24) is 0 Å². The van der Waals surface area contributed by atoms with Gasteiger partial charge in [0.2, 0.25) is 0 Å². The molecule has 2 nitrogen and oxygen atoms in total. The summed E-state index contributed by atoms with van der Waals surface area (Å²) in [5.74, 6) is 1.04. The highest BCUT2D eigenvalue weighted by molar-refractivity contribution is 5.01. The maximum Gasteiger partial charge on any atom is 0.131 e. The molecule has 0 heterocycles. The van der Waals surface area contributed by atoms with Gasteiger partial charge in [0.05, 0.1) is 11.4 Å². The van der Waals surface area contributed by atoms with Gasteiger partial charge < -0.3 is 9.84 Å². The van der Waals surface area contributed by atoms with E-state index in [9.17, 15) is 5.11 Å². The number of allylic oxidation sites excluding steroid dienone is 2. The molecule has 1 N–H and O–H groups in total. The first kappa shape index (κ1) is 11.6. The molecule has 0 spiro atoms. The number of ether oxygens (including phenoxy) is 1. The van der Waals surface area contributed by atoms with Crippen molar-refractivity contribution < 1.29 is 9.84 Å². The SMILES string of the molecule is CC(C)(O)C(C)(C)OC1=CCCCC1. The quantitative estimate of drug-likeness (QED) is 0.755. The minimum absolute atomic E-state index is 0.518. The first-order valence-corrected chi connectivity index (χ1v) is 5.43. The van der Waals surface area contributed by atoms with Crippen molar-refractivity contribution in [3.05, 3.63) is 11.8 Å². The predicted octanol–water partition coefficient (Wildman–Crippen LogP) is 3.01. The van der Waals surface area contributed by atoms with E-state index in [1.165, 1.54) is 12.8 Å². The lowest BCUT2D eigenvalue weighted by Crippen LogP contribution is -2.47. The van der Waals surface area contributed by atoms with Crippen LogP contribution < -0.4 is 0 Å². The van der Waals surface area contributed by atoms with E-state index in [4.69, 9.17) is 4.74 Å². The van der Waals surface area contributed by atoms with Gasteiger partial charge in [0, 0.05) is 6.42 Å². The van der Waals surface area contributed by atoms with Crippen LogP contribution in [0.4, 0.5) is 0 Å². The highest BCUT2D eigenvalue weighted by Crippen LogP contribution is 2.30. The summed E-state index contributed by atoms with van der Waals surface area (Å²) >= 11 is 0. The lowest BCUT2D eigenvalue weighted by Gasteiger charge is -2.38. The zero-order valence-corrected chi connectivity index (χ0v) is 9.76. The topological polar surface area (TPSA) is 29.5 Å². The van der Waals surface area contributed by atoms with Gasteiger partial charge in [-0.25, -0.2) is 0 Å². The molecule has 0 aromatic carbocycles. The lowest BCUT2D eigenvalue weighted by atomic mass is 9.89. The van der Waals surface area contributed by atoms with Crippen LogP contribution in [0.25, 0.3) is 0 Å². The monoisotopic (exact) mass is 198 g/mol. The van der Waals surface area contributed by atoms with Crippen molar-refractivity contribution in [3.63, 3.8) is 0 Å². The molecule has 0 fully saturated rings. The van der Waals surface area contributed by atoms with Gasteiger partial charge in [-0.15, -0.1) is 0 Å². The Morgan fingerprint density at radius 3 is 2.29 bits per heavy atom. The minimum atomic E-state index is -0.814. The number of hydrogen-bond donors (Lipinski definition) is 1. The highest BCUT2D eigenvalue weighted by atomic mass is 16.5. The third kappa shape index (κ3) is 2.74. The van der Waals surface area contributed by atoms with Crippen molar-refractivity contribution >= 4 is 0 Å². The van der Waals surface area contributed by atoms with E-state index in [1.54, 1.807) is 13.8 Å². The predicted molar refractivity (Wildman–Crippen MR) is 58.0 cm³/mol.